The van der Waals surface area contributed by atoms with Gasteiger partial charge in [-0.1, -0.05) is 250 Å². The van der Waals surface area contributed by atoms with E-state index in [-0.39, 0.29) is 38.6 Å². The van der Waals surface area contributed by atoms with E-state index in [1.807, 2.05) is 21.1 Å². The normalized spacial score (nSPS) is 13.8. The minimum atomic E-state index is -1.64. The fourth-order valence-electron chi connectivity index (χ4n) is 7.87. The first-order valence-corrected chi connectivity index (χ1v) is 31.0. The summed E-state index contributed by atoms with van der Waals surface area (Å²) in [6, 6.07) is 0. The van der Waals surface area contributed by atoms with Crippen LogP contribution < -0.4 is 5.11 Å². The molecule has 9 nitrogen and oxygen atoms in total. The number of allylic oxidation sites excluding steroid dienone is 24. The maximum absolute atomic E-state index is 12.9. The highest BCUT2D eigenvalue weighted by Crippen LogP contribution is 2.15. The molecule has 2 unspecified atom stereocenters. The Morgan fingerprint density at radius 2 is 0.722 bits per heavy atom. The van der Waals surface area contributed by atoms with Gasteiger partial charge in [0.15, 0.2) is 12.4 Å². The van der Waals surface area contributed by atoms with E-state index >= 15 is 0 Å². The van der Waals surface area contributed by atoms with Crippen LogP contribution in [0.4, 0.5) is 0 Å². The highest BCUT2D eigenvalue weighted by atomic mass is 16.7. The molecule has 9 heteroatoms. The fourth-order valence-corrected chi connectivity index (χ4v) is 7.87. The van der Waals surface area contributed by atoms with Crippen molar-refractivity contribution in [2.24, 2.45) is 0 Å². The molecule has 0 N–H and O–H groups in total. The summed E-state index contributed by atoms with van der Waals surface area (Å²) in [6.45, 7) is 4.57. The van der Waals surface area contributed by atoms with Gasteiger partial charge in [-0.2, -0.15) is 0 Å². The lowest BCUT2D eigenvalue weighted by atomic mass is 10.0. The number of carboxylic acids is 1. The quantitative estimate of drug-likeness (QED) is 0.0195. The molecule has 0 heterocycles. The number of nitrogens with zero attached hydrogens (tertiary/aromatic N) is 1. The van der Waals surface area contributed by atoms with Crippen LogP contribution in [0.1, 0.15) is 219 Å². The summed E-state index contributed by atoms with van der Waals surface area (Å²) in [4.78, 5) is 37.3. The first-order chi connectivity index (χ1) is 38.6. The van der Waals surface area contributed by atoms with Crippen LogP contribution in [0.25, 0.3) is 0 Å². The maximum atomic E-state index is 12.9. The molecule has 79 heavy (non-hydrogen) atoms. The molecule has 0 rings (SSSR count). The summed E-state index contributed by atoms with van der Waals surface area (Å²) in [6.07, 6.45) is 83.4. The van der Waals surface area contributed by atoms with E-state index in [2.05, 4.69) is 160 Å². The number of unbranched alkanes of at least 4 members (excludes halogenated alkanes) is 16. The van der Waals surface area contributed by atoms with Crippen LogP contribution in [0.3, 0.4) is 0 Å². The molecule has 0 fully saturated rings. The molecule has 0 radical (unpaired) electrons. The number of rotatable bonds is 55. The van der Waals surface area contributed by atoms with Gasteiger partial charge < -0.3 is 33.3 Å². The zero-order valence-corrected chi connectivity index (χ0v) is 50.7. The number of quaternary nitrogens is 1. The van der Waals surface area contributed by atoms with Crippen molar-refractivity contribution in [1.29, 1.82) is 0 Å². The molecule has 0 aliphatic carbocycles. The van der Waals surface area contributed by atoms with E-state index in [9.17, 15) is 19.5 Å². The zero-order chi connectivity index (χ0) is 57.6. The van der Waals surface area contributed by atoms with E-state index in [1.165, 1.54) is 77.0 Å². The van der Waals surface area contributed by atoms with Gasteiger partial charge >= 0.3 is 11.9 Å². The van der Waals surface area contributed by atoms with Gasteiger partial charge in [-0.25, -0.2) is 0 Å². The second kappa shape index (κ2) is 59.3. The van der Waals surface area contributed by atoms with Gasteiger partial charge in [0.05, 0.1) is 40.3 Å². The number of hydrogen-bond acceptors (Lipinski definition) is 8. The SMILES string of the molecule is CC/C=C\C/C=C\C/C=C\C/C=C\C/C=C\C/C=C\C/C=C\C/C=C\C/C=C\C/C=C\C/C=C\C/C=C\CCCCC(=O)OC(COC(=O)CCCCCCCCCCCCCCCCC)COC(OCC[N+](C)(C)C)C(=O)[O-]. The van der Waals surface area contributed by atoms with Crippen LogP contribution in [0.2, 0.25) is 0 Å². The van der Waals surface area contributed by atoms with Crippen molar-refractivity contribution in [2.75, 3.05) is 47.5 Å². The van der Waals surface area contributed by atoms with E-state index in [0.717, 1.165) is 109 Å². The highest BCUT2D eigenvalue weighted by molar-refractivity contribution is 5.70. The van der Waals surface area contributed by atoms with Crippen molar-refractivity contribution < 1.29 is 42.9 Å². The summed E-state index contributed by atoms with van der Waals surface area (Å²) in [5, 5.41) is 11.8. The minimum absolute atomic E-state index is 0.133. The van der Waals surface area contributed by atoms with E-state index in [0.29, 0.717) is 17.4 Å². The van der Waals surface area contributed by atoms with Gasteiger partial charge in [0.25, 0.3) is 0 Å². The molecule has 0 bridgehead atoms. The fraction of sp³-hybridized carbons (Fsp3) is 0.614. The van der Waals surface area contributed by atoms with E-state index < -0.39 is 24.3 Å². The Morgan fingerprint density at radius 1 is 0.392 bits per heavy atom. The number of carbonyl (C=O) groups excluding carboxylic acids is 3. The van der Waals surface area contributed by atoms with Crippen LogP contribution in [0.5, 0.6) is 0 Å². The number of carbonyl (C=O) groups is 3. The Kier molecular flexibility index (Phi) is 55.7. The lowest BCUT2D eigenvalue weighted by Gasteiger charge is -2.26. The van der Waals surface area contributed by atoms with Crippen molar-refractivity contribution in [1.82, 2.24) is 0 Å². The van der Waals surface area contributed by atoms with Gasteiger partial charge in [-0.05, 0) is 103 Å². The zero-order valence-electron chi connectivity index (χ0n) is 50.7. The lowest BCUT2D eigenvalue weighted by molar-refractivity contribution is -0.870. The lowest BCUT2D eigenvalue weighted by Crippen LogP contribution is -2.44. The highest BCUT2D eigenvalue weighted by Gasteiger charge is 2.22. The molecule has 0 aliphatic rings. The van der Waals surface area contributed by atoms with Crippen molar-refractivity contribution in [3.8, 4) is 0 Å². The molecule has 0 saturated carbocycles. The summed E-state index contributed by atoms with van der Waals surface area (Å²) in [5.74, 6) is -2.35. The van der Waals surface area contributed by atoms with Gasteiger partial charge in [0, 0.05) is 12.8 Å². The second-order valence-corrected chi connectivity index (χ2v) is 21.3. The third-order valence-corrected chi connectivity index (χ3v) is 12.6. The van der Waals surface area contributed by atoms with Crippen LogP contribution in [-0.4, -0.2) is 82.3 Å². The molecule has 0 aliphatic heterocycles. The van der Waals surface area contributed by atoms with Crippen molar-refractivity contribution >= 4 is 17.9 Å². The average Bonchev–Trinajstić information content (AvgIpc) is 3.42. The third kappa shape index (κ3) is 60.7. The molecular formula is C70H113NO8. The molecule has 0 aromatic carbocycles. The van der Waals surface area contributed by atoms with Crippen molar-refractivity contribution in [3.05, 3.63) is 146 Å². The van der Waals surface area contributed by atoms with Crippen LogP contribution in [-0.2, 0) is 33.3 Å². The first-order valence-electron chi connectivity index (χ1n) is 31.0. The Labute approximate surface area is 483 Å². The Morgan fingerprint density at radius 3 is 1.08 bits per heavy atom. The monoisotopic (exact) mass is 1100 g/mol. The Bertz CT molecular complexity index is 1800. The number of hydrogen-bond donors (Lipinski definition) is 0. The Balaban J connectivity index is 4.29. The summed E-state index contributed by atoms with van der Waals surface area (Å²) >= 11 is 0. The number of aliphatic carboxylic acids is 1. The van der Waals surface area contributed by atoms with Crippen molar-refractivity contribution in [3.63, 3.8) is 0 Å². The van der Waals surface area contributed by atoms with E-state index in [1.54, 1.807) is 0 Å². The standard InChI is InChI=1S/C70H113NO8/c1-6-8-10-12-14-16-18-20-22-23-24-25-26-27-28-29-30-31-32-33-34-35-36-37-38-39-40-41-42-43-44-45-47-49-51-53-55-57-59-61-68(73)79-66(65-78-70(69(74)75)76-63-62-71(3,4)5)64-77-67(72)60-58-56-54-52-50-48-46-21-19-17-15-13-11-9-7-2/h8,10,14,16,20,22,24-25,27-28,30-31,33-34,36-37,39-40,42-43,45,47,51,53,66,70H,6-7,9,11-13,15,17-19,21,23,26,29,32,35,38,41,44,46,48-50,52,54-65H2,1-5H3/b10-8-,16-14-,22-20-,25-24-,28-27-,31-30-,34-33-,37-36-,40-39-,43-42-,47-45-,53-51-. The molecule has 2 atom stereocenters. The smallest absolute Gasteiger partial charge is 0.306 e. The molecule has 446 valence electrons. The topological polar surface area (TPSA) is 111 Å². The van der Waals surface area contributed by atoms with E-state index in [4.69, 9.17) is 18.9 Å². The van der Waals surface area contributed by atoms with Crippen molar-refractivity contribution in [2.45, 2.75) is 232 Å². The molecule has 0 saturated heterocycles. The molecule has 0 aromatic heterocycles. The summed E-state index contributed by atoms with van der Waals surface area (Å²) < 4.78 is 22.6. The summed E-state index contributed by atoms with van der Waals surface area (Å²) in [7, 11) is 5.90. The molecule has 0 spiro atoms. The summed E-state index contributed by atoms with van der Waals surface area (Å²) in [5.41, 5.74) is 0. The second-order valence-electron chi connectivity index (χ2n) is 21.3. The minimum Gasteiger partial charge on any atom is -0.545 e. The molecular weight excluding hydrogens is 983 g/mol. The van der Waals surface area contributed by atoms with Gasteiger partial charge in [-0.3, -0.25) is 9.59 Å². The predicted molar refractivity (Wildman–Crippen MR) is 333 cm³/mol. The largest absolute Gasteiger partial charge is 0.545 e. The number of likely N-dealkylation sites (N-methyl/N-ethyl adjacent to an activating group) is 1. The first kappa shape index (κ1) is 74.2. The van der Waals surface area contributed by atoms with Crippen LogP contribution >= 0.6 is 0 Å². The molecule has 0 amide bonds. The van der Waals surface area contributed by atoms with Gasteiger partial charge in [-0.15, -0.1) is 0 Å². The molecule has 0 aromatic rings. The number of esters is 2. The van der Waals surface area contributed by atoms with Gasteiger partial charge in [0.1, 0.15) is 13.2 Å². The Hall–Kier alpha value is -4.83. The maximum Gasteiger partial charge on any atom is 0.306 e. The average molecular weight is 1100 g/mol. The van der Waals surface area contributed by atoms with Crippen LogP contribution in [0, 0.1) is 0 Å². The van der Waals surface area contributed by atoms with Gasteiger partial charge in [0.2, 0.25) is 0 Å². The predicted octanol–water partition coefficient (Wildman–Crippen LogP) is 17.5. The number of carboxylic acid groups (broad SMARTS) is 1. The third-order valence-electron chi connectivity index (χ3n) is 12.6. The number of ether oxygens (including phenoxy) is 4. The van der Waals surface area contributed by atoms with Crippen LogP contribution in [0.15, 0.2) is 146 Å².